The summed E-state index contributed by atoms with van der Waals surface area (Å²) >= 11 is 0. The number of fused-ring (bicyclic) bond motifs is 1. The predicted molar refractivity (Wildman–Crippen MR) is 111 cm³/mol. The number of esters is 1. The molecular formula is C23H24N2O5. The number of hydrogen-bond donors (Lipinski definition) is 2. The fourth-order valence-electron chi connectivity index (χ4n) is 3.38. The smallest absolute Gasteiger partial charge is 0.307 e. The molecule has 2 amide bonds. The molecule has 30 heavy (non-hydrogen) atoms. The number of anilines is 1. The van der Waals surface area contributed by atoms with Gasteiger partial charge in [-0.2, -0.15) is 0 Å². The Balaban J connectivity index is 1.46. The number of nitrogens with two attached hydrogens (primary N) is 1. The van der Waals surface area contributed by atoms with Gasteiger partial charge >= 0.3 is 5.97 Å². The molecule has 0 fully saturated rings. The summed E-state index contributed by atoms with van der Waals surface area (Å²) in [5.74, 6) is -1.81. The highest BCUT2D eigenvalue weighted by Gasteiger charge is 2.20. The summed E-state index contributed by atoms with van der Waals surface area (Å²) in [6, 6.07) is 11.7. The zero-order chi connectivity index (χ0) is 21.7. The summed E-state index contributed by atoms with van der Waals surface area (Å²) in [5.41, 5.74) is 9.03. The summed E-state index contributed by atoms with van der Waals surface area (Å²) in [6.45, 7) is 1.45. The Kier molecular flexibility index (Phi) is 6.61. The summed E-state index contributed by atoms with van der Waals surface area (Å²) < 4.78 is 5.13. The first-order valence-electron chi connectivity index (χ1n) is 9.88. The number of carbonyl (C=O) groups is 4. The molecule has 3 rings (SSSR count). The van der Waals surface area contributed by atoms with Crippen LogP contribution in [0.5, 0.6) is 0 Å². The van der Waals surface area contributed by atoms with Crippen LogP contribution in [0.1, 0.15) is 58.0 Å². The summed E-state index contributed by atoms with van der Waals surface area (Å²) in [7, 11) is 0. The van der Waals surface area contributed by atoms with Gasteiger partial charge in [-0.3, -0.25) is 19.2 Å². The third kappa shape index (κ3) is 5.31. The van der Waals surface area contributed by atoms with Crippen molar-refractivity contribution in [2.75, 3.05) is 5.32 Å². The first-order valence-corrected chi connectivity index (χ1v) is 9.88. The van der Waals surface area contributed by atoms with Gasteiger partial charge in [0.2, 0.25) is 5.91 Å². The van der Waals surface area contributed by atoms with Gasteiger partial charge in [0.05, 0.1) is 6.42 Å². The molecule has 2 aromatic carbocycles. The summed E-state index contributed by atoms with van der Waals surface area (Å²) in [5, 5.41) is 2.59. The number of Topliss-reactive ketones (excluding diaryl/α,β-unsaturated/α-hetero) is 1. The number of ketones is 1. The van der Waals surface area contributed by atoms with Crippen LogP contribution in [0, 0.1) is 0 Å². The summed E-state index contributed by atoms with van der Waals surface area (Å²) in [4.78, 5) is 47.7. The molecular weight excluding hydrogens is 384 g/mol. The van der Waals surface area contributed by atoms with Crippen molar-refractivity contribution in [1.82, 2.24) is 0 Å². The zero-order valence-corrected chi connectivity index (χ0v) is 16.8. The van der Waals surface area contributed by atoms with Crippen LogP contribution in [0.15, 0.2) is 42.5 Å². The van der Waals surface area contributed by atoms with Crippen molar-refractivity contribution in [2.45, 2.75) is 45.1 Å². The van der Waals surface area contributed by atoms with Crippen LogP contribution < -0.4 is 11.1 Å². The van der Waals surface area contributed by atoms with Crippen LogP contribution in [0.3, 0.4) is 0 Å². The van der Waals surface area contributed by atoms with Crippen molar-refractivity contribution >= 4 is 29.3 Å². The van der Waals surface area contributed by atoms with E-state index < -0.39 is 23.9 Å². The van der Waals surface area contributed by atoms with E-state index in [-0.39, 0.29) is 18.6 Å². The average molecular weight is 408 g/mol. The lowest BCUT2D eigenvalue weighted by Gasteiger charge is -2.13. The van der Waals surface area contributed by atoms with Crippen LogP contribution in [-0.2, 0) is 27.2 Å². The quantitative estimate of drug-likeness (QED) is 0.515. The maximum Gasteiger partial charge on any atom is 0.307 e. The van der Waals surface area contributed by atoms with Crippen molar-refractivity contribution in [3.05, 3.63) is 64.7 Å². The maximum absolute atomic E-state index is 12.4. The Morgan fingerprint density at radius 1 is 0.967 bits per heavy atom. The lowest BCUT2D eigenvalue weighted by Crippen LogP contribution is -2.30. The van der Waals surface area contributed by atoms with E-state index in [1.165, 1.54) is 42.3 Å². The number of carbonyl (C=O) groups excluding carboxylic acids is 4. The van der Waals surface area contributed by atoms with Crippen LogP contribution in [0.4, 0.5) is 5.69 Å². The van der Waals surface area contributed by atoms with E-state index in [1.54, 1.807) is 6.07 Å². The SMILES string of the molecule is CC(OC(=O)CCC(=O)c1ccc2c(c1)CCC2)C(=O)Nc1ccc(C(N)=O)cc1. The normalized spacial score (nSPS) is 13.2. The molecule has 0 aromatic heterocycles. The standard InChI is InChI=1S/C23H24N2O5/c1-14(23(29)25-19-9-7-16(8-10-19)22(24)28)30-21(27)12-11-20(26)18-6-5-15-3-2-4-17(15)13-18/h5-10,13-14H,2-4,11-12H2,1H3,(H2,24,28)(H,25,29). The van der Waals surface area contributed by atoms with E-state index in [2.05, 4.69) is 5.32 Å². The van der Waals surface area contributed by atoms with Crippen molar-refractivity contribution in [3.8, 4) is 0 Å². The highest BCUT2D eigenvalue weighted by atomic mass is 16.5. The van der Waals surface area contributed by atoms with E-state index >= 15 is 0 Å². The lowest BCUT2D eigenvalue weighted by atomic mass is 10.0. The molecule has 0 heterocycles. The number of hydrogen-bond acceptors (Lipinski definition) is 5. The molecule has 0 aliphatic heterocycles. The van der Waals surface area contributed by atoms with Crippen molar-refractivity contribution in [2.24, 2.45) is 5.73 Å². The molecule has 1 aliphatic carbocycles. The Bertz CT molecular complexity index is 982. The second-order valence-corrected chi connectivity index (χ2v) is 7.32. The van der Waals surface area contributed by atoms with Gasteiger partial charge in [-0.1, -0.05) is 12.1 Å². The van der Waals surface area contributed by atoms with Crippen molar-refractivity contribution in [1.29, 1.82) is 0 Å². The van der Waals surface area contributed by atoms with E-state index in [0.717, 1.165) is 19.3 Å². The van der Waals surface area contributed by atoms with Gasteiger partial charge < -0.3 is 15.8 Å². The topological polar surface area (TPSA) is 116 Å². The maximum atomic E-state index is 12.4. The van der Waals surface area contributed by atoms with Gasteiger partial charge in [0.15, 0.2) is 11.9 Å². The molecule has 0 saturated carbocycles. The van der Waals surface area contributed by atoms with Gasteiger partial charge in [-0.05, 0) is 67.6 Å². The fraction of sp³-hybridized carbons (Fsp3) is 0.304. The highest BCUT2D eigenvalue weighted by Crippen LogP contribution is 2.23. The van der Waals surface area contributed by atoms with Gasteiger partial charge in [-0.25, -0.2) is 0 Å². The monoisotopic (exact) mass is 408 g/mol. The molecule has 1 atom stereocenters. The van der Waals surface area contributed by atoms with E-state index in [1.807, 2.05) is 12.1 Å². The molecule has 156 valence electrons. The molecule has 3 N–H and O–H groups in total. The minimum atomic E-state index is -1.02. The Morgan fingerprint density at radius 2 is 1.63 bits per heavy atom. The molecule has 0 saturated heterocycles. The van der Waals surface area contributed by atoms with Gasteiger partial charge in [-0.15, -0.1) is 0 Å². The first kappa shape index (κ1) is 21.2. The largest absolute Gasteiger partial charge is 0.453 e. The third-order valence-electron chi connectivity index (χ3n) is 5.09. The molecule has 0 radical (unpaired) electrons. The van der Waals surface area contributed by atoms with E-state index in [9.17, 15) is 19.2 Å². The minimum Gasteiger partial charge on any atom is -0.453 e. The molecule has 0 spiro atoms. The van der Waals surface area contributed by atoms with Crippen molar-refractivity contribution in [3.63, 3.8) is 0 Å². The number of rotatable bonds is 8. The van der Waals surface area contributed by atoms with Gasteiger partial charge in [0.1, 0.15) is 0 Å². The van der Waals surface area contributed by atoms with E-state index in [4.69, 9.17) is 10.5 Å². The number of primary amides is 1. The molecule has 0 bridgehead atoms. The highest BCUT2D eigenvalue weighted by molar-refractivity contribution is 5.99. The van der Waals surface area contributed by atoms with Gasteiger partial charge in [0.25, 0.3) is 5.91 Å². The zero-order valence-electron chi connectivity index (χ0n) is 16.8. The Labute approximate surface area is 174 Å². The number of nitrogens with one attached hydrogen (secondary N) is 1. The second-order valence-electron chi connectivity index (χ2n) is 7.32. The number of aryl methyl sites for hydroxylation is 2. The third-order valence-corrected chi connectivity index (χ3v) is 5.09. The molecule has 1 unspecified atom stereocenters. The molecule has 7 nitrogen and oxygen atoms in total. The summed E-state index contributed by atoms with van der Waals surface area (Å²) in [6.07, 6.45) is 2.04. The molecule has 2 aromatic rings. The predicted octanol–water partition coefficient (Wildman–Crippen LogP) is 2.81. The first-order chi connectivity index (χ1) is 14.3. The van der Waals surface area contributed by atoms with Crippen LogP contribution in [0.2, 0.25) is 0 Å². The number of ether oxygens (including phenoxy) is 1. The average Bonchev–Trinajstić information content (AvgIpc) is 3.20. The Hall–Kier alpha value is -3.48. The molecule has 7 heteroatoms. The lowest BCUT2D eigenvalue weighted by molar-refractivity contribution is -0.153. The molecule has 1 aliphatic rings. The van der Waals surface area contributed by atoms with Crippen LogP contribution in [-0.4, -0.2) is 29.7 Å². The Morgan fingerprint density at radius 3 is 2.33 bits per heavy atom. The fourth-order valence-corrected chi connectivity index (χ4v) is 3.38. The van der Waals surface area contributed by atoms with Crippen LogP contribution in [0.25, 0.3) is 0 Å². The minimum absolute atomic E-state index is 0.0283. The number of amides is 2. The second kappa shape index (κ2) is 9.35. The van der Waals surface area contributed by atoms with Crippen LogP contribution >= 0.6 is 0 Å². The number of benzene rings is 2. The van der Waals surface area contributed by atoms with Gasteiger partial charge in [0, 0.05) is 23.2 Å². The van der Waals surface area contributed by atoms with Crippen molar-refractivity contribution < 1.29 is 23.9 Å². The van der Waals surface area contributed by atoms with E-state index in [0.29, 0.717) is 16.8 Å².